The van der Waals surface area contributed by atoms with E-state index in [4.69, 9.17) is 4.74 Å². The molecule has 1 amide bonds. The Hall–Kier alpha value is -0.400. The van der Waals surface area contributed by atoms with Crippen molar-refractivity contribution in [3.8, 4) is 0 Å². The van der Waals surface area contributed by atoms with E-state index in [-0.39, 0.29) is 30.7 Å². The number of carbonyl (C=O) groups excluding carboxylic acids is 1. The summed E-state index contributed by atoms with van der Waals surface area (Å²) in [6, 6.07) is 0. The van der Waals surface area contributed by atoms with E-state index in [1.165, 1.54) is 0 Å². The fourth-order valence-corrected chi connectivity index (χ4v) is 2.97. The molecule has 122 valence electrons. The molecule has 0 saturated carbocycles. The number of thiazole rings is 1. The van der Waals surface area contributed by atoms with Crippen molar-refractivity contribution in [2.24, 2.45) is 0 Å². The fraction of sp³-hybridized carbons (Fsp3) is 0.692. The second-order valence-electron chi connectivity index (χ2n) is 5.03. The maximum absolute atomic E-state index is 12.3. The van der Waals surface area contributed by atoms with Gasteiger partial charge in [0.2, 0.25) is 0 Å². The summed E-state index contributed by atoms with van der Waals surface area (Å²) in [6.07, 6.45) is 0.395. The Labute approximate surface area is 142 Å². The van der Waals surface area contributed by atoms with E-state index in [0.717, 1.165) is 23.7 Å². The van der Waals surface area contributed by atoms with Crippen LogP contribution in [0.1, 0.15) is 31.0 Å². The van der Waals surface area contributed by atoms with Crippen molar-refractivity contribution < 1.29 is 9.53 Å². The lowest BCUT2D eigenvalue weighted by atomic mass is 9.99. The van der Waals surface area contributed by atoms with Gasteiger partial charge in [0.05, 0.1) is 12.1 Å². The summed E-state index contributed by atoms with van der Waals surface area (Å²) < 4.78 is 5.48. The normalized spacial score (nSPS) is 20.6. The minimum absolute atomic E-state index is 0. The summed E-state index contributed by atoms with van der Waals surface area (Å²) in [7, 11) is 0. The molecule has 0 bridgehead atoms. The average molecular weight is 356 g/mol. The molecule has 21 heavy (non-hydrogen) atoms. The van der Waals surface area contributed by atoms with Crippen molar-refractivity contribution in [2.75, 3.05) is 19.7 Å². The standard InChI is InChI=1S/C13H21N3O2S.2ClH/c1-4-13(3,12-15-9(2)8-19-12)16-11(17)10-7-14-5-6-18-10;;/h8,10,14H,4-7H2,1-3H3,(H,16,17);2*1H. The zero-order valence-electron chi connectivity index (χ0n) is 12.5. The van der Waals surface area contributed by atoms with Gasteiger partial charge < -0.3 is 15.4 Å². The maximum Gasteiger partial charge on any atom is 0.251 e. The number of nitrogens with zero attached hydrogens (tertiary/aromatic N) is 1. The molecule has 2 rings (SSSR count). The number of ether oxygens (including phenoxy) is 1. The summed E-state index contributed by atoms with van der Waals surface area (Å²) in [5.74, 6) is -0.0654. The van der Waals surface area contributed by atoms with Crippen molar-refractivity contribution in [2.45, 2.75) is 38.8 Å². The minimum Gasteiger partial charge on any atom is -0.366 e. The van der Waals surface area contributed by atoms with Gasteiger partial charge in [0.1, 0.15) is 11.1 Å². The highest BCUT2D eigenvalue weighted by Gasteiger charge is 2.33. The highest BCUT2D eigenvalue weighted by molar-refractivity contribution is 7.09. The molecule has 2 unspecified atom stereocenters. The number of morpholine rings is 1. The van der Waals surface area contributed by atoms with Crippen molar-refractivity contribution in [3.63, 3.8) is 0 Å². The Bertz CT molecular complexity index is 452. The van der Waals surface area contributed by atoms with Gasteiger partial charge in [-0.3, -0.25) is 4.79 Å². The number of amides is 1. The lowest BCUT2D eigenvalue weighted by molar-refractivity contribution is -0.136. The van der Waals surface area contributed by atoms with Gasteiger partial charge in [0.15, 0.2) is 0 Å². The van der Waals surface area contributed by atoms with Crippen molar-refractivity contribution >= 4 is 42.1 Å². The smallest absolute Gasteiger partial charge is 0.251 e. The van der Waals surface area contributed by atoms with Crippen LogP contribution in [0.3, 0.4) is 0 Å². The SMILES string of the molecule is CCC(C)(NC(=O)C1CNCCO1)c1nc(C)cs1.Cl.Cl. The van der Waals surface area contributed by atoms with E-state index in [1.54, 1.807) is 11.3 Å². The van der Waals surface area contributed by atoms with Gasteiger partial charge in [0, 0.05) is 24.2 Å². The summed E-state index contributed by atoms with van der Waals surface area (Å²) in [5, 5.41) is 9.21. The number of halogens is 2. The van der Waals surface area contributed by atoms with Crippen LogP contribution in [-0.4, -0.2) is 36.7 Å². The van der Waals surface area contributed by atoms with E-state index >= 15 is 0 Å². The largest absolute Gasteiger partial charge is 0.366 e. The zero-order chi connectivity index (χ0) is 13.9. The van der Waals surface area contributed by atoms with E-state index in [2.05, 4.69) is 22.5 Å². The first kappa shape index (κ1) is 20.6. The number of nitrogens with one attached hydrogen (secondary N) is 2. The molecule has 0 radical (unpaired) electrons. The molecular weight excluding hydrogens is 333 g/mol. The van der Waals surface area contributed by atoms with Crippen LogP contribution in [0.25, 0.3) is 0 Å². The second kappa shape index (κ2) is 8.90. The molecule has 1 fully saturated rings. The quantitative estimate of drug-likeness (QED) is 0.867. The van der Waals surface area contributed by atoms with Crippen LogP contribution in [0, 0.1) is 6.92 Å². The van der Waals surface area contributed by atoms with Crippen LogP contribution in [0.4, 0.5) is 0 Å². The first-order chi connectivity index (χ1) is 9.05. The highest BCUT2D eigenvalue weighted by Crippen LogP contribution is 2.27. The molecule has 1 saturated heterocycles. The molecule has 8 heteroatoms. The molecule has 0 aliphatic carbocycles. The Morgan fingerprint density at radius 1 is 1.62 bits per heavy atom. The van der Waals surface area contributed by atoms with E-state index in [1.807, 2.05) is 19.2 Å². The van der Waals surface area contributed by atoms with E-state index in [9.17, 15) is 4.79 Å². The van der Waals surface area contributed by atoms with Gasteiger partial charge in [0.25, 0.3) is 5.91 Å². The molecule has 1 aliphatic heterocycles. The molecule has 1 aromatic rings. The van der Waals surface area contributed by atoms with Gasteiger partial charge in [-0.2, -0.15) is 0 Å². The van der Waals surface area contributed by atoms with Crippen LogP contribution in [-0.2, 0) is 15.1 Å². The Kier molecular flexibility index (Phi) is 8.73. The Balaban J connectivity index is 0.00000200. The summed E-state index contributed by atoms with van der Waals surface area (Å²) >= 11 is 1.59. The maximum atomic E-state index is 12.3. The number of rotatable bonds is 4. The lowest BCUT2D eigenvalue weighted by Crippen LogP contribution is -2.53. The monoisotopic (exact) mass is 355 g/mol. The zero-order valence-corrected chi connectivity index (χ0v) is 14.9. The molecule has 2 N–H and O–H groups in total. The Morgan fingerprint density at radius 3 is 2.81 bits per heavy atom. The number of aryl methyl sites for hydroxylation is 1. The van der Waals surface area contributed by atoms with Crippen LogP contribution < -0.4 is 10.6 Å². The molecule has 2 atom stereocenters. The topological polar surface area (TPSA) is 63.2 Å². The highest BCUT2D eigenvalue weighted by atomic mass is 35.5. The van der Waals surface area contributed by atoms with Crippen molar-refractivity contribution in [1.82, 2.24) is 15.6 Å². The fourth-order valence-electron chi connectivity index (χ4n) is 1.99. The average Bonchev–Trinajstić information content (AvgIpc) is 2.87. The molecule has 5 nitrogen and oxygen atoms in total. The van der Waals surface area contributed by atoms with Crippen LogP contribution in [0.5, 0.6) is 0 Å². The number of aromatic nitrogens is 1. The van der Waals surface area contributed by atoms with Crippen LogP contribution >= 0.6 is 36.2 Å². The van der Waals surface area contributed by atoms with Gasteiger partial charge >= 0.3 is 0 Å². The molecule has 0 spiro atoms. The summed E-state index contributed by atoms with van der Waals surface area (Å²) in [5.41, 5.74) is 0.570. The van der Waals surface area contributed by atoms with Gasteiger partial charge in [-0.1, -0.05) is 6.92 Å². The number of hydrogen-bond donors (Lipinski definition) is 2. The first-order valence-electron chi connectivity index (χ1n) is 6.62. The van der Waals surface area contributed by atoms with Crippen molar-refractivity contribution in [1.29, 1.82) is 0 Å². The van der Waals surface area contributed by atoms with Gasteiger partial charge in [-0.15, -0.1) is 36.2 Å². The third-order valence-corrected chi connectivity index (χ3v) is 4.64. The van der Waals surface area contributed by atoms with Crippen LogP contribution in [0.15, 0.2) is 5.38 Å². The predicted molar refractivity (Wildman–Crippen MR) is 89.7 cm³/mol. The van der Waals surface area contributed by atoms with Gasteiger partial charge in [-0.05, 0) is 20.3 Å². The third kappa shape index (κ3) is 5.07. The summed E-state index contributed by atoms with van der Waals surface area (Å²) in [6.45, 7) is 7.99. The molecule has 2 heterocycles. The molecule has 1 aliphatic rings. The number of carbonyl (C=O) groups is 1. The van der Waals surface area contributed by atoms with E-state index in [0.29, 0.717) is 13.2 Å². The lowest BCUT2D eigenvalue weighted by Gasteiger charge is -2.31. The molecular formula is C13H23Cl2N3O2S. The first-order valence-corrected chi connectivity index (χ1v) is 7.50. The predicted octanol–water partition coefficient (Wildman–Crippen LogP) is 2.02. The van der Waals surface area contributed by atoms with E-state index < -0.39 is 11.6 Å². The Morgan fingerprint density at radius 2 is 2.33 bits per heavy atom. The minimum atomic E-state index is -0.420. The van der Waals surface area contributed by atoms with Gasteiger partial charge in [-0.25, -0.2) is 4.98 Å². The third-order valence-electron chi connectivity index (χ3n) is 3.42. The van der Waals surface area contributed by atoms with Crippen LogP contribution in [0.2, 0.25) is 0 Å². The second-order valence-corrected chi connectivity index (χ2v) is 5.89. The number of hydrogen-bond acceptors (Lipinski definition) is 5. The van der Waals surface area contributed by atoms with Crippen molar-refractivity contribution in [3.05, 3.63) is 16.1 Å². The molecule has 0 aromatic carbocycles. The summed E-state index contributed by atoms with van der Waals surface area (Å²) in [4.78, 5) is 16.8. The molecule has 1 aromatic heterocycles.